The zero-order valence-electron chi connectivity index (χ0n) is 7.61. The van der Waals surface area contributed by atoms with Gasteiger partial charge in [0.25, 0.3) is 0 Å². The van der Waals surface area contributed by atoms with E-state index in [2.05, 4.69) is 5.32 Å². The van der Waals surface area contributed by atoms with Gasteiger partial charge in [-0.05, 0) is 24.9 Å². The van der Waals surface area contributed by atoms with Crippen LogP contribution in [-0.2, 0) is 0 Å². The van der Waals surface area contributed by atoms with Gasteiger partial charge in [0.2, 0.25) is 0 Å². The van der Waals surface area contributed by atoms with E-state index in [1.54, 1.807) is 0 Å². The summed E-state index contributed by atoms with van der Waals surface area (Å²) in [5.41, 5.74) is 1.02. The molecule has 1 aliphatic rings. The van der Waals surface area contributed by atoms with Crippen LogP contribution in [0.1, 0.15) is 24.5 Å². The van der Waals surface area contributed by atoms with Crippen molar-refractivity contribution in [2.45, 2.75) is 25.0 Å². The summed E-state index contributed by atoms with van der Waals surface area (Å²) >= 11 is 0. The van der Waals surface area contributed by atoms with Crippen molar-refractivity contribution >= 4 is 0 Å². The molecule has 2 heteroatoms. The van der Waals surface area contributed by atoms with Crippen molar-refractivity contribution in [3.05, 3.63) is 35.9 Å². The summed E-state index contributed by atoms with van der Waals surface area (Å²) in [6.07, 6.45) is 1.91. The van der Waals surface area contributed by atoms with E-state index in [0.717, 1.165) is 18.5 Å². The Bertz CT molecular complexity index is 254. The highest BCUT2D eigenvalue weighted by atomic mass is 16.3. The lowest BCUT2D eigenvalue weighted by molar-refractivity contribution is 0.137. The molecule has 1 unspecified atom stereocenters. The van der Waals surface area contributed by atoms with Crippen LogP contribution >= 0.6 is 0 Å². The molecule has 2 rings (SSSR count). The van der Waals surface area contributed by atoms with E-state index in [9.17, 15) is 5.11 Å². The first-order chi connectivity index (χ1) is 6.38. The Balaban J connectivity index is 2.08. The van der Waals surface area contributed by atoms with Crippen molar-refractivity contribution in [3.8, 4) is 0 Å². The molecule has 2 atom stereocenters. The summed E-state index contributed by atoms with van der Waals surface area (Å²) in [5.74, 6) is 0. The van der Waals surface area contributed by atoms with Gasteiger partial charge in [-0.25, -0.2) is 0 Å². The number of benzene rings is 1. The number of rotatable bonds is 2. The number of nitrogens with one attached hydrogen (secondary N) is 1. The quantitative estimate of drug-likeness (QED) is 0.717. The van der Waals surface area contributed by atoms with E-state index in [-0.39, 0.29) is 12.1 Å². The average molecular weight is 177 g/mol. The molecule has 1 fully saturated rings. The summed E-state index contributed by atoms with van der Waals surface area (Å²) in [5, 5.41) is 13.3. The van der Waals surface area contributed by atoms with Crippen LogP contribution in [0.25, 0.3) is 0 Å². The minimum Gasteiger partial charge on any atom is -0.387 e. The topological polar surface area (TPSA) is 32.3 Å². The molecule has 2 N–H and O–H groups in total. The molecule has 0 aromatic heterocycles. The molecule has 1 aromatic rings. The molecule has 1 aliphatic heterocycles. The van der Waals surface area contributed by atoms with Crippen molar-refractivity contribution < 1.29 is 5.11 Å². The highest BCUT2D eigenvalue weighted by Gasteiger charge is 2.23. The standard InChI is InChI=1S/C11H15NO/c13-11(10-7-4-8-12-10)9-5-2-1-3-6-9/h1-3,5-6,10-13H,4,7-8H2/t10?,11-/m0/s1. The molecule has 70 valence electrons. The lowest BCUT2D eigenvalue weighted by Crippen LogP contribution is -2.28. The highest BCUT2D eigenvalue weighted by molar-refractivity contribution is 5.19. The van der Waals surface area contributed by atoms with Gasteiger partial charge in [-0.15, -0.1) is 0 Å². The Labute approximate surface area is 78.6 Å². The van der Waals surface area contributed by atoms with E-state index in [1.165, 1.54) is 6.42 Å². The highest BCUT2D eigenvalue weighted by Crippen LogP contribution is 2.22. The van der Waals surface area contributed by atoms with E-state index < -0.39 is 0 Å². The third kappa shape index (κ3) is 1.90. The van der Waals surface area contributed by atoms with Crippen LogP contribution < -0.4 is 5.32 Å². The Morgan fingerprint density at radius 2 is 2.08 bits per heavy atom. The van der Waals surface area contributed by atoms with Crippen LogP contribution in [0.15, 0.2) is 30.3 Å². The molecule has 0 radical (unpaired) electrons. The van der Waals surface area contributed by atoms with Gasteiger partial charge in [0.15, 0.2) is 0 Å². The molecular formula is C11H15NO. The second kappa shape index (κ2) is 3.90. The molecule has 0 amide bonds. The van der Waals surface area contributed by atoms with Gasteiger partial charge in [0, 0.05) is 6.04 Å². The predicted octanol–water partition coefficient (Wildman–Crippen LogP) is 1.47. The van der Waals surface area contributed by atoms with Crippen LogP contribution in [0.5, 0.6) is 0 Å². The van der Waals surface area contributed by atoms with E-state index >= 15 is 0 Å². The summed E-state index contributed by atoms with van der Waals surface area (Å²) in [4.78, 5) is 0. The maximum absolute atomic E-state index is 9.96. The van der Waals surface area contributed by atoms with Gasteiger partial charge < -0.3 is 10.4 Å². The van der Waals surface area contributed by atoms with Gasteiger partial charge >= 0.3 is 0 Å². The molecule has 0 spiro atoms. The van der Waals surface area contributed by atoms with Crippen molar-refractivity contribution in [1.82, 2.24) is 5.32 Å². The molecular weight excluding hydrogens is 162 g/mol. The average Bonchev–Trinajstić information content (AvgIpc) is 2.71. The van der Waals surface area contributed by atoms with Crippen molar-refractivity contribution in [1.29, 1.82) is 0 Å². The number of hydrogen-bond donors (Lipinski definition) is 2. The van der Waals surface area contributed by atoms with Gasteiger partial charge in [-0.1, -0.05) is 30.3 Å². The van der Waals surface area contributed by atoms with Crippen LogP contribution in [0.3, 0.4) is 0 Å². The molecule has 1 saturated heterocycles. The second-order valence-electron chi connectivity index (χ2n) is 3.56. The summed E-state index contributed by atoms with van der Waals surface area (Å²) in [7, 11) is 0. The van der Waals surface area contributed by atoms with Crippen LogP contribution in [0.4, 0.5) is 0 Å². The zero-order chi connectivity index (χ0) is 9.10. The van der Waals surface area contributed by atoms with Crippen molar-refractivity contribution in [2.24, 2.45) is 0 Å². The second-order valence-corrected chi connectivity index (χ2v) is 3.56. The molecule has 0 saturated carbocycles. The molecule has 2 nitrogen and oxygen atoms in total. The molecule has 0 bridgehead atoms. The zero-order valence-corrected chi connectivity index (χ0v) is 7.61. The Morgan fingerprint density at radius 1 is 1.31 bits per heavy atom. The maximum atomic E-state index is 9.96. The summed E-state index contributed by atoms with van der Waals surface area (Å²) in [6, 6.07) is 10.1. The molecule has 1 aromatic carbocycles. The fraction of sp³-hybridized carbons (Fsp3) is 0.455. The first-order valence-corrected chi connectivity index (χ1v) is 4.84. The van der Waals surface area contributed by atoms with Crippen LogP contribution in [-0.4, -0.2) is 17.7 Å². The summed E-state index contributed by atoms with van der Waals surface area (Å²) < 4.78 is 0. The smallest absolute Gasteiger partial charge is 0.0942 e. The number of hydrogen-bond acceptors (Lipinski definition) is 2. The monoisotopic (exact) mass is 177 g/mol. The first-order valence-electron chi connectivity index (χ1n) is 4.84. The fourth-order valence-corrected chi connectivity index (χ4v) is 1.86. The van der Waals surface area contributed by atoms with E-state index in [4.69, 9.17) is 0 Å². The number of aliphatic hydroxyl groups excluding tert-OH is 1. The predicted molar refractivity (Wildman–Crippen MR) is 52.4 cm³/mol. The largest absolute Gasteiger partial charge is 0.387 e. The minimum atomic E-state index is -0.344. The van der Waals surface area contributed by atoms with Crippen molar-refractivity contribution in [2.75, 3.05) is 6.54 Å². The molecule has 1 heterocycles. The van der Waals surface area contributed by atoms with E-state index in [1.807, 2.05) is 30.3 Å². The fourth-order valence-electron chi connectivity index (χ4n) is 1.86. The van der Waals surface area contributed by atoms with Crippen LogP contribution in [0, 0.1) is 0 Å². The number of aliphatic hydroxyl groups is 1. The Morgan fingerprint density at radius 3 is 2.69 bits per heavy atom. The minimum absolute atomic E-state index is 0.252. The van der Waals surface area contributed by atoms with Gasteiger partial charge in [-0.2, -0.15) is 0 Å². The first kappa shape index (κ1) is 8.73. The lowest BCUT2D eigenvalue weighted by atomic mass is 10.0. The normalized spacial score (nSPS) is 24.5. The van der Waals surface area contributed by atoms with Gasteiger partial charge in [-0.3, -0.25) is 0 Å². The summed E-state index contributed by atoms with van der Waals surface area (Å²) in [6.45, 7) is 1.04. The molecule has 13 heavy (non-hydrogen) atoms. The maximum Gasteiger partial charge on any atom is 0.0942 e. The van der Waals surface area contributed by atoms with Crippen molar-refractivity contribution in [3.63, 3.8) is 0 Å². The third-order valence-electron chi connectivity index (χ3n) is 2.62. The lowest BCUT2D eigenvalue weighted by Gasteiger charge is -2.18. The van der Waals surface area contributed by atoms with Gasteiger partial charge in [0.05, 0.1) is 6.10 Å². The molecule has 0 aliphatic carbocycles. The SMILES string of the molecule is O[C@@H](c1ccccc1)C1CCCN1. The van der Waals surface area contributed by atoms with Gasteiger partial charge in [0.1, 0.15) is 0 Å². The van der Waals surface area contributed by atoms with Crippen LogP contribution in [0.2, 0.25) is 0 Å². The Hall–Kier alpha value is -0.860. The third-order valence-corrected chi connectivity index (χ3v) is 2.62. The van der Waals surface area contributed by atoms with E-state index in [0.29, 0.717) is 0 Å². The Kier molecular flexibility index (Phi) is 2.62.